The number of hydrogen-bond donors (Lipinski definition) is 2. The van der Waals surface area contributed by atoms with E-state index in [1.165, 1.54) is 0 Å². The Kier molecular flexibility index (Phi) is 1.92. The molecule has 0 saturated carbocycles. The Balaban J connectivity index is 2.84. The van der Waals surface area contributed by atoms with Gasteiger partial charge >= 0.3 is 5.69 Å². The van der Waals surface area contributed by atoms with Crippen molar-refractivity contribution in [3.63, 3.8) is 0 Å². The van der Waals surface area contributed by atoms with Crippen molar-refractivity contribution < 1.29 is 9.47 Å². The van der Waals surface area contributed by atoms with Crippen molar-refractivity contribution in [2.45, 2.75) is 0 Å². The topological polar surface area (TPSA) is 67.1 Å². The van der Waals surface area contributed by atoms with E-state index >= 15 is 0 Å². The number of nitrogens with one attached hydrogen (secondary N) is 2. The second-order valence-corrected chi connectivity index (χ2v) is 2.80. The molecule has 5 heteroatoms. The normalized spacial score (nSPS) is 10.4. The number of fused-ring (bicyclic) bond motifs is 1. The molecule has 0 aliphatic carbocycles. The van der Waals surface area contributed by atoms with Crippen LogP contribution in [0.25, 0.3) is 11.0 Å². The van der Waals surface area contributed by atoms with Crippen LogP contribution in [0.1, 0.15) is 0 Å². The molecular weight excluding hydrogens is 184 g/mol. The summed E-state index contributed by atoms with van der Waals surface area (Å²) in [5.41, 5.74) is 0.969. The molecule has 0 spiro atoms. The first-order chi connectivity index (χ1) is 6.76. The molecule has 0 amide bonds. The van der Waals surface area contributed by atoms with Crippen LogP contribution in [-0.4, -0.2) is 24.2 Å². The van der Waals surface area contributed by atoms with Gasteiger partial charge in [0.1, 0.15) is 22.5 Å². The molecular formula is C9H10N2O3. The van der Waals surface area contributed by atoms with Gasteiger partial charge in [0.25, 0.3) is 0 Å². The van der Waals surface area contributed by atoms with Crippen LogP contribution in [0, 0.1) is 0 Å². The zero-order valence-electron chi connectivity index (χ0n) is 7.88. The average Bonchev–Trinajstić information content (AvgIpc) is 2.57. The Bertz CT molecular complexity index is 468. The number of rotatable bonds is 2. The van der Waals surface area contributed by atoms with E-state index in [0.717, 1.165) is 0 Å². The molecule has 1 heterocycles. The third kappa shape index (κ3) is 1.14. The van der Waals surface area contributed by atoms with E-state index in [1.807, 2.05) is 0 Å². The molecule has 1 aromatic heterocycles. The highest BCUT2D eigenvalue weighted by molar-refractivity contribution is 5.86. The lowest BCUT2D eigenvalue weighted by atomic mass is 10.2. The van der Waals surface area contributed by atoms with Crippen molar-refractivity contribution in [3.8, 4) is 11.5 Å². The minimum absolute atomic E-state index is 0.275. The van der Waals surface area contributed by atoms with Crippen LogP contribution < -0.4 is 15.2 Å². The van der Waals surface area contributed by atoms with E-state index in [-0.39, 0.29) is 5.69 Å². The van der Waals surface area contributed by atoms with Crippen LogP contribution in [0.15, 0.2) is 16.9 Å². The molecule has 5 nitrogen and oxygen atoms in total. The van der Waals surface area contributed by atoms with Crippen molar-refractivity contribution in [3.05, 3.63) is 22.6 Å². The van der Waals surface area contributed by atoms with Crippen molar-refractivity contribution in [2.24, 2.45) is 0 Å². The number of hydrogen-bond acceptors (Lipinski definition) is 3. The van der Waals surface area contributed by atoms with Crippen LogP contribution >= 0.6 is 0 Å². The first-order valence-corrected chi connectivity index (χ1v) is 4.09. The number of aromatic amines is 2. The lowest BCUT2D eigenvalue weighted by molar-refractivity contribution is 0.409. The van der Waals surface area contributed by atoms with Crippen molar-refractivity contribution >= 4 is 11.0 Å². The van der Waals surface area contributed by atoms with Gasteiger partial charge in [-0.1, -0.05) is 0 Å². The fourth-order valence-electron chi connectivity index (χ4n) is 1.41. The van der Waals surface area contributed by atoms with E-state index in [9.17, 15) is 4.79 Å². The first kappa shape index (κ1) is 8.68. The van der Waals surface area contributed by atoms with Gasteiger partial charge in [0, 0.05) is 0 Å². The summed E-state index contributed by atoms with van der Waals surface area (Å²) in [5.74, 6) is 1.22. The number of ether oxygens (including phenoxy) is 2. The fourth-order valence-corrected chi connectivity index (χ4v) is 1.41. The predicted molar refractivity (Wildman–Crippen MR) is 52.0 cm³/mol. The summed E-state index contributed by atoms with van der Waals surface area (Å²) in [6.07, 6.45) is 0. The zero-order valence-corrected chi connectivity index (χ0v) is 7.88. The van der Waals surface area contributed by atoms with Crippen LogP contribution in [0.5, 0.6) is 11.5 Å². The Labute approximate surface area is 79.7 Å². The summed E-state index contributed by atoms with van der Waals surface area (Å²) < 4.78 is 10.2. The highest BCUT2D eigenvalue weighted by atomic mass is 16.5. The maximum Gasteiger partial charge on any atom is 0.324 e. The van der Waals surface area contributed by atoms with Gasteiger partial charge in [-0.3, -0.25) is 0 Å². The summed E-state index contributed by atoms with van der Waals surface area (Å²) in [5, 5.41) is 0. The predicted octanol–water partition coefficient (Wildman–Crippen LogP) is 0.873. The molecule has 2 rings (SSSR count). The Morgan fingerprint density at radius 3 is 1.79 bits per heavy atom. The summed E-state index contributed by atoms with van der Waals surface area (Å²) in [4.78, 5) is 16.4. The quantitative estimate of drug-likeness (QED) is 0.745. The summed E-state index contributed by atoms with van der Waals surface area (Å²) in [6.45, 7) is 0. The highest BCUT2D eigenvalue weighted by Crippen LogP contribution is 2.28. The first-order valence-electron chi connectivity index (χ1n) is 4.09. The lowest BCUT2D eigenvalue weighted by Gasteiger charge is -2.04. The Hall–Kier alpha value is -1.91. The van der Waals surface area contributed by atoms with E-state index in [4.69, 9.17) is 9.47 Å². The molecule has 0 radical (unpaired) electrons. The van der Waals surface area contributed by atoms with E-state index in [1.54, 1.807) is 26.4 Å². The van der Waals surface area contributed by atoms with Gasteiger partial charge < -0.3 is 19.4 Å². The number of aromatic nitrogens is 2. The molecule has 14 heavy (non-hydrogen) atoms. The van der Waals surface area contributed by atoms with Gasteiger partial charge in [0.15, 0.2) is 0 Å². The van der Waals surface area contributed by atoms with Crippen LogP contribution in [-0.2, 0) is 0 Å². The van der Waals surface area contributed by atoms with Gasteiger partial charge in [-0.15, -0.1) is 0 Å². The molecule has 0 unspecified atom stereocenters. The second kappa shape index (κ2) is 3.10. The maximum atomic E-state index is 11.1. The van der Waals surface area contributed by atoms with Gasteiger partial charge in [0.05, 0.1) is 14.2 Å². The molecule has 1 aromatic carbocycles. The standard InChI is InChI=1S/C9H10N2O3/c1-13-5-3-4-6(14-2)8-7(5)10-9(12)11-8/h3-4H,1-2H3,(H2,10,11,12). The van der Waals surface area contributed by atoms with E-state index < -0.39 is 0 Å². The Morgan fingerprint density at radius 2 is 1.43 bits per heavy atom. The average molecular weight is 194 g/mol. The van der Waals surface area contributed by atoms with Crippen molar-refractivity contribution in [1.82, 2.24) is 9.97 Å². The minimum atomic E-state index is -0.275. The summed E-state index contributed by atoms with van der Waals surface area (Å²) in [6, 6.07) is 3.48. The third-order valence-electron chi connectivity index (χ3n) is 2.05. The molecule has 2 N–H and O–H groups in total. The number of H-pyrrole nitrogens is 2. The molecule has 0 bridgehead atoms. The molecule has 0 saturated heterocycles. The van der Waals surface area contributed by atoms with Gasteiger partial charge in [-0.05, 0) is 12.1 Å². The fraction of sp³-hybridized carbons (Fsp3) is 0.222. The second-order valence-electron chi connectivity index (χ2n) is 2.80. The molecule has 2 aromatic rings. The number of benzene rings is 1. The van der Waals surface area contributed by atoms with Gasteiger partial charge in [-0.25, -0.2) is 4.79 Å². The van der Waals surface area contributed by atoms with Crippen LogP contribution in [0.3, 0.4) is 0 Å². The SMILES string of the molecule is COc1ccc(OC)c2[nH]c(=O)[nH]c12. The number of methoxy groups -OCH3 is 2. The van der Waals surface area contributed by atoms with Crippen LogP contribution in [0.4, 0.5) is 0 Å². The molecule has 0 aliphatic heterocycles. The van der Waals surface area contributed by atoms with Crippen molar-refractivity contribution in [2.75, 3.05) is 14.2 Å². The van der Waals surface area contributed by atoms with Gasteiger partial charge in [-0.2, -0.15) is 0 Å². The monoisotopic (exact) mass is 194 g/mol. The smallest absolute Gasteiger partial charge is 0.324 e. The highest BCUT2D eigenvalue weighted by Gasteiger charge is 2.09. The third-order valence-corrected chi connectivity index (χ3v) is 2.05. The van der Waals surface area contributed by atoms with E-state index in [2.05, 4.69) is 9.97 Å². The lowest BCUT2D eigenvalue weighted by Crippen LogP contribution is -1.99. The largest absolute Gasteiger partial charge is 0.494 e. The number of imidazole rings is 1. The van der Waals surface area contributed by atoms with E-state index in [0.29, 0.717) is 22.5 Å². The Morgan fingerprint density at radius 1 is 1.00 bits per heavy atom. The zero-order chi connectivity index (χ0) is 10.1. The summed E-state index contributed by atoms with van der Waals surface area (Å²) >= 11 is 0. The minimum Gasteiger partial charge on any atom is -0.494 e. The van der Waals surface area contributed by atoms with Crippen LogP contribution in [0.2, 0.25) is 0 Å². The maximum absolute atomic E-state index is 11.1. The molecule has 0 atom stereocenters. The molecule has 74 valence electrons. The summed E-state index contributed by atoms with van der Waals surface area (Å²) in [7, 11) is 3.10. The molecule has 0 fully saturated rings. The van der Waals surface area contributed by atoms with Crippen molar-refractivity contribution in [1.29, 1.82) is 0 Å². The molecule has 0 aliphatic rings. The van der Waals surface area contributed by atoms with Gasteiger partial charge in [0.2, 0.25) is 0 Å².